The van der Waals surface area contributed by atoms with Crippen molar-refractivity contribution in [1.82, 2.24) is 5.32 Å². The molecule has 0 aliphatic carbocycles. The number of aldehydes is 1. The van der Waals surface area contributed by atoms with Crippen molar-refractivity contribution in [2.24, 2.45) is 0 Å². The molecule has 1 N–H and O–H groups in total. The lowest BCUT2D eigenvalue weighted by Gasteiger charge is -2.19. The third-order valence-corrected chi connectivity index (χ3v) is 3.76. The fourth-order valence-corrected chi connectivity index (χ4v) is 2.50. The molecule has 0 unspecified atom stereocenters. The van der Waals surface area contributed by atoms with Crippen LogP contribution in [0.1, 0.15) is 56.0 Å². The Morgan fingerprint density at radius 1 is 1.17 bits per heavy atom. The molecule has 4 nitrogen and oxygen atoms in total. The van der Waals surface area contributed by atoms with Crippen LogP contribution in [0.25, 0.3) is 0 Å². The summed E-state index contributed by atoms with van der Waals surface area (Å²) in [5.74, 6) is 0. The number of benzene rings is 1. The average molecular weight is 360 g/mol. The van der Waals surface area contributed by atoms with Crippen molar-refractivity contribution in [3.8, 4) is 0 Å². The van der Waals surface area contributed by atoms with E-state index in [1.165, 1.54) is 0 Å². The minimum absolute atomic E-state index is 0.392. The molecule has 23 heavy (non-hydrogen) atoms. The molecule has 0 fully saturated rings. The van der Waals surface area contributed by atoms with Gasteiger partial charge in [0.2, 0.25) is 0 Å². The first-order chi connectivity index (χ1) is 10.7. The lowest BCUT2D eigenvalue weighted by Crippen LogP contribution is -2.32. The first-order valence-corrected chi connectivity index (χ1v) is 8.38. The zero-order chi connectivity index (χ0) is 17.5. The first kappa shape index (κ1) is 19.8. The van der Waals surface area contributed by atoms with Crippen LogP contribution in [0, 0.1) is 0 Å². The smallest absolute Gasteiger partial charge is 0.407 e. The third-order valence-electron chi connectivity index (χ3n) is 3.08. The minimum Gasteiger partial charge on any atom is -0.444 e. The second kappa shape index (κ2) is 9.14. The quantitative estimate of drug-likeness (QED) is 0.547. The Bertz CT molecular complexity index is 554. The molecule has 0 bridgehead atoms. The van der Waals surface area contributed by atoms with Crippen LogP contribution >= 0.6 is 23.2 Å². The van der Waals surface area contributed by atoms with E-state index in [-0.39, 0.29) is 0 Å². The normalized spacial score (nSPS) is 11.2. The van der Waals surface area contributed by atoms with Crippen molar-refractivity contribution in [3.63, 3.8) is 0 Å². The van der Waals surface area contributed by atoms with Crippen molar-refractivity contribution in [2.75, 3.05) is 6.54 Å². The van der Waals surface area contributed by atoms with Gasteiger partial charge in [-0.25, -0.2) is 4.79 Å². The van der Waals surface area contributed by atoms with Gasteiger partial charge in [0, 0.05) is 17.1 Å². The van der Waals surface area contributed by atoms with Gasteiger partial charge in [-0.15, -0.1) is 0 Å². The third kappa shape index (κ3) is 7.71. The van der Waals surface area contributed by atoms with Crippen LogP contribution in [0.5, 0.6) is 0 Å². The molecular weight excluding hydrogens is 337 g/mol. The zero-order valence-electron chi connectivity index (χ0n) is 13.7. The number of alkyl carbamates (subject to hydrolysis) is 1. The van der Waals surface area contributed by atoms with Crippen LogP contribution in [0.3, 0.4) is 0 Å². The summed E-state index contributed by atoms with van der Waals surface area (Å²) in [5.41, 5.74) is 0.859. The van der Waals surface area contributed by atoms with Crippen LogP contribution in [0.15, 0.2) is 12.1 Å². The number of aryl methyl sites for hydroxylation is 1. The molecule has 6 heteroatoms. The zero-order valence-corrected chi connectivity index (χ0v) is 15.3. The largest absolute Gasteiger partial charge is 0.444 e. The summed E-state index contributed by atoms with van der Waals surface area (Å²) in [7, 11) is 0. The van der Waals surface area contributed by atoms with Gasteiger partial charge in [-0.3, -0.25) is 4.79 Å². The summed E-state index contributed by atoms with van der Waals surface area (Å²) in [6.45, 7) is 6.07. The number of hydrogen-bond donors (Lipinski definition) is 1. The maximum absolute atomic E-state index is 11.5. The van der Waals surface area contributed by atoms with Crippen LogP contribution < -0.4 is 5.32 Å². The van der Waals surface area contributed by atoms with Crippen molar-refractivity contribution < 1.29 is 14.3 Å². The van der Waals surface area contributed by atoms with Crippen molar-refractivity contribution in [2.45, 2.75) is 52.1 Å². The van der Waals surface area contributed by atoms with Crippen molar-refractivity contribution in [1.29, 1.82) is 0 Å². The maximum atomic E-state index is 11.5. The fourth-order valence-electron chi connectivity index (χ4n) is 2.01. The minimum atomic E-state index is -0.478. The van der Waals surface area contributed by atoms with E-state index in [0.29, 0.717) is 28.4 Å². The van der Waals surface area contributed by atoms with Crippen LogP contribution in [0.2, 0.25) is 10.0 Å². The van der Waals surface area contributed by atoms with Gasteiger partial charge in [0.1, 0.15) is 5.60 Å². The number of hydrogen-bond acceptors (Lipinski definition) is 3. The molecular formula is C17H23Cl2NO3. The molecule has 128 valence electrons. The van der Waals surface area contributed by atoms with Gasteiger partial charge in [0.15, 0.2) is 6.29 Å². The van der Waals surface area contributed by atoms with Crippen molar-refractivity contribution in [3.05, 3.63) is 33.3 Å². The Hall–Kier alpha value is -1.26. The molecule has 0 spiro atoms. The number of carbonyl (C=O) groups is 2. The van der Waals surface area contributed by atoms with Crippen LogP contribution in [-0.4, -0.2) is 24.5 Å². The van der Waals surface area contributed by atoms with Crippen LogP contribution in [-0.2, 0) is 11.2 Å². The highest BCUT2D eigenvalue weighted by Gasteiger charge is 2.15. The highest BCUT2D eigenvalue weighted by molar-refractivity contribution is 6.35. The number of ether oxygens (including phenoxy) is 1. The Kier molecular flexibility index (Phi) is 7.86. The molecule has 0 heterocycles. The van der Waals surface area contributed by atoms with Gasteiger partial charge < -0.3 is 10.1 Å². The SMILES string of the molecule is CC(C)(C)OC(=O)NCCCCCc1cc(Cl)c(C=O)cc1Cl. The predicted octanol–water partition coefficient (Wildman–Crippen LogP) is 5.04. The Balaban J connectivity index is 2.27. The topological polar surface area (TPSA) is 55.4 Å². The van der Waals surface area contributed by atoms with Crippen molar-refractivity contribution >= 4 is 35.6 Å². The molecule has 0 atom stereocenters. The molecule has 1 rings (SSSR count). The standard InChI is InChI=1S/C17H23Cl2NO3/c1-17(2,3)23-16(22)20-8-6-4-5-7-12-9-15(19)13(11-21)10-14(12)18/h9-11H,4-8H2,1-3H3,(H,20,22). The number of halogens is 2. The highest BCUT2D eigenvalue weighted by Crippen LogP contribution is 2.25. The number of rotatable bonds is 7. The van der Waals surface area contributed by atoms with E-state index < -0.39 is 11.7 Å². The summed E-state index contributed by atoms with van der Waals surface area (Å²) >= 11 is 12.1. The molecule has 1 aromatic rings. The Labute approximate surface area is 147 Å². The van der Waals surface area contributed by atoms with Gasteiger partial charge in [0.05, 0.1) is 5.02 Å². The lowest BCUT2D eigenvalue weighted by atomic mass is 10.1. The Morgan fingerprint density at radius 2 is 1.87 bits per heavy atom. The number of amides is 1. The molecule has 0 radical (unpaired) electrons. The monoisotopic (exact) mass is 359 g/mol. The predicted molar refractivity (Wildman–Crippen MR) is 93.6 cm³/mol. The molecule has 0 aliphatic heterocycles. The van der Waals surface area contributed by atoms with Gasteiger partial charge in [0.25, 0.3) is 0 Å². The average Bonchev–Trinajstić information content (AvgIpc) is 2.43. The second-order valence-electron chi connectivity index (χ2n) is 6.32. The molecule has 0 saturated heterocycles. The van der Waals surface area contributed by atoms with E-state index in [4.69, 9.17) is 27.9 Å². The first-order valence-electron chi connectivity index (χ1n) is 7.63. The summed E-state index contributed by atoms with van der Waals surface area (Å²) < 4.78 is 5.15. The molecule has 0 aliphatic rings. The maximum Gasteiger partial charge on any atom is 0.407 e. The number of nitrogens with one attached hydrogen (secondary N) is 1. The molecule has 0 aromatic heterocycles. The summed E-state index contributed by atoms with van der Waals surface area (Å²) in [6.07, 6.45) is 3.81. The summed E-state index contributed by atoms with van der Waals surface area (Å²) in [5, 5.41) is 3.71. The van der Waals surface area contributed by atoms with Crippen LogP contribution in [0.4, 0.5) is 4.79 Å². The van der Waals surface area contributed by atoms with Gasteiger partial charge >= 0.3 is 6.09 Å². The summed E-state index contributed by atoms with van der Waals surface area (Å²) in [6, 6.07) is 3.34. The van der Waals surface area contributed by atoms with E-state index >= 15 is 0 Å². The number of carbonyl (C=O) groups excluding carboxylic acids is 2. The fraction of sp³-hybridized carbons (Fsp3) is 0.529. The number of unbranched alkanes of at least 4 members (excludes halogenated alkanes) is 2. The van der Waals surface area contributed by atoms with E-state index in [2.05, 4.69) is 5.32 Å². The highest BCUT2D eigenvalue weighted by atomic mass is 35.5. The van der Waals surface area contributed by atoms with Gasteiger partial charge in [-0.1, -0.05) is 29.6 Å². The summed E-state index contributed by atoms with van der Waals surface area (Å²) in [4.78, 5) is 22.2. The Morgan fingerprint density at radius 3 is 2.48 bits per heavy atom. The van der Waals surface area contributed by atoms with E-state index in [0.717, 1.165) is 31.2 Å². The van der Waals surface area contributed by atoms with Gasteiger partial charge in [-0.2, -0.15) is 0 Å². The van der Waals surface area contributed by atoms with E-state index in [1.54, 1.807) is 12.1 Å². The van der Waals surface area contributed by atoms with Gasteiger partial charge in [-0.05, 0) is 57.7 Å². The van der Waals surface area contributed by atoms with E-state index in [9.17, 15) is 9.59 Å². The molecule has 0 saturated carbocycles. The van der Waals surface area contributed by atoms with E-state index in [1.807, 2.05) is 20.8 Å². The lowest BCUT2D eigenvalue weighted by molar-refractivity contribution is 0.0527. The molecule has 1 amide bonds. The molecule has 1 aromatic carbocycles. The second-order valence-corrected chi connectivity index (χ2v) is 7.14.